The lowest BCUT2D eigenvalue weighted by molar-refractivity contribution is -0.131. The topological polar surface area (TPSA) is 84.5 Å². The van der Waals surface area contributed by atoms with Crippen molar-refractivity contribution in [1.29, 1.82) is 0 Å². The molecular formula is C19H23FN2O4S. The van der Waals surface area contributed by atoms with Crippen LogP contribution in [-0.4, -0.2) is 27.0 Å². The molecule has 1 atom stereocenters. The van der Waals surface area contributed by atoms with Crippen molar-refractivity contribution in [2.24, 2.45) is 0 Å². The molecule has 0 saturated carbocycles. The Labute approximate surface area is 158 Å². The van der Waals surface area contributed by atoms with Gasteiger partial charge >= 0.3 is 0 Å². The molecule has 146 valence electrons. The Morgan fingerprint density at radius 2 is 1.78 bits per heavy atom. The maximum absolute atomic E-state index is 13.2. The van der Waals surface area contributed by atoms with Crippen molar-refractivity contribution in [2.75, 3.05) is 6.61 Å². The van der Waals surface area contributed by atoms with Crippen LogP contribution in [0.15, 0.2) is 53.4 Å². The molecule has 1 unspecified atom stereocenters. The standard InChI is InChI=1S/C19H23FN2O4S/c1-3-26-14(2)19(23)21-12-16-7-5-9-18(11-16)27(24,25)22-13-15-6-4-8-17(20)10-15/h4-11,14,22H,3,12-13H2,1-2H3,(H,21,23). The molecule has 2 N–H and O–H groups in total. The van der Waals surface area contributed by atoms with Gasteiger partial charge in [-0.1, -0.05) is 24.3 Å². The van der Waals surface area contributed by atoms with Gasteiger partial charge < -0.3 is 10.1 Å². The van der Waals surface area contributed by atoms with Crippen molar-refractivity contribution in [3.8, 4) is 0 Å². The van der Waals surface area contributed by atoms with Crippen LogP contribution in [0.1, 0.15) is 25.0 Å². The second-order valence-corrected chi connectivity index (χ2v) is 7.68. The minimum atomic E-state index is -3.77. The van der Waals surface area contributed by atoms with Crippen molar-refractivity contribution < 1.29 is 22.3 Å². The van der Waals surface area contributed by atoms with Crippen molar-refractivity contribution >= 4 is 15.9 Å². The summed E-state index contributed by atoms with van der Waals surface area (Å²) in [7, 11) is -3.77. The smallest absolute Gasteiger partial charge is 0.249 e. The summed E-state index contributed by atoms with van der Waals surface area (Å²) in [6, 6.07) is 12.0. The van der Waals surface area contributed by atoms with E-state index in [1.807, 2.05) is 0 Å². The quantitative estimate of drug-likeness (QED) is 0.684. The molecule has 6 nitrogen and oxygen atoms in total. The third-order valence-corrected chi connectivity index (χ3v) is 5.22. The van der Waals surface area contributed by atoms with E-state index >= 15 is 0 Å². The number of hydrogen-bond donors (Lipinski definition) is 2. The van der Waals surface area contributed by atoms with Gasteiger partial charge in [-0.2, -0.15) is 0 Å². The average Bonchev–Trinajstić information content (AvgIpc) is 2.65. The fourth-order valence-electron chi connectivity index (χ4n) is 2.39. The minimum Gasteiger partial charge on any atom is -0.369 e. The second kappa shape index (κ2) is 9.59. The van der Waals surface area contributed by atoms with Crippen LogP contribution in [0.25, 0.3) is 0 Å². The third-order valence-electron chi connectivity index (χ3n) is 3.82. The molecule has 1 amide bonds. The number of amides is 1. The number of halogens is 1. The Morgan fingerprint density at radius 1 is 1.11 bits per heavy atom. The Kier molecular flexibility index (Phi) is 7.46. The Morgan fingerprint density at radius 3 is 2.44 bits per heavy atom. The molecule has 0 spiro atoms. The van der Waals surface area contributed by atoms with E-state index in [1.165, 1.54) is 30.3 Å². The second-order valence-electron chi connectivity index (χ2n) is 5.92. The molecule has 0 aliphatic heterocycles. The fourth-order valence-corrected chi connectivity index (χ4v) is 3.48. The first kappa shape index (κ1) is 21.0. The summed E-state index contributed by atoms with van der Waals surface area (Å²) in [5, 5.41) is 2.71. The molecule has 0 bridgehead atoms. The first-order chi connectivity index (χ1) is 12.8. The summed E-state index contributed by atoms with van der Waals surface area (Å²) in [5.41, 5.74) is 1.16. The maximum atomic E-state index is 13.2. The first-order valence-corrected chi connectivity index (χ1v) is 10.0. The van der Waals surface area contributed by atoms with Crippen molar-refractivity contribution in [1.82, 2.24) is 10.0 Å². The number of carbonyl (C=O) groups is 1. The van der Waals surface area contributed by atoms with Crippen LogP contribution < -0.4 is 10.0 Å². The predicted octanol–water partition coefficient (Wildman–Crippen LogP) is 2.35. The lowest BCUT2D eigenvalue weighted by Gasteiger charge is -2.13. The maximum Gasteiger partial charge on any atom is 0.249 e. The van der Waals surface area contributed by atoms with Gasteiger partial charge in [0, 0.05) is 19.7 Å². The number of ether oxygens (including phenoxy) is 1. The Hall–Kier alpha value is -2.29. The molecule has 0 radical (unpaired) electrons. The van der Waals surface area contributed by atoms with Crippen molar-refractivity contribution in [3.05, 3.63) is 65.5 Å². The molecule has 2 aromatic carbocycles. The molecule has 2 aromatic rings. The van der Waals surface area contributed by atoms with E-state index in [0.29, 0.717) is 17.7 Å². The first-order valence-electron chi connectivity index (χ1n) is 8.54. The average molecular weight is 394 g/mol. The summed E-state index contributed by atoms with van der Waals surface area (Å²) in [6.07, 6.45) is -0.574. The molecule has 0 saturated heterocycles. The van der Waals surface area contributed by atoms with Crippen molar-refractivity contribution in [3.63, 3.8) is 0 Å². The van der Waals surface area contributed by atoms with Gasteiger partial charge in [0.2, 0.25) is 15.9 Å². The number of nitrogens with one attached hydrogen (secondary N) is 2. The summed E-state index contributed by atoms with van der Waals surface area (Å²) in [6.45, 7) is 4.04. The molecule has 27 heavy (non-hydrogen) atoms. The third kappa shape index (κ3) is 6.42. The largest absolute Gasteiger partial charge is 0.369 e. The van der Waals surface area contributed by atoms with Gasteiger partial charge in [0.25, 0.3) is 0 Å². The highest BCUT2D eigenvalue weighted by atomic mass is 32.2. The molecule has 8 heteroatoms. The molecule has 0 aromatic heterocycles. The molecular weight excluding hydrogens is 371 g/mol. The van der Waals surface area contributed by atoms with Gasteiger partial charge in [-0.05, 0) is 49.2 Å². The van der Waals surface area contributed by atoms with Gasteiger partial charge in [0.1, 0.15) is 11.9 Å². The monoisotopic (exact) mass is 394 g/mol. The zero-order chi connectivity index (χ0) is 19.9. The number of carbonyl (C=O) groups excluding carboxylic acids is 1. The van der Waals surface area contributed by atoms with E-state index in [2.05, 4.69) is 10.0 Å². The van der Waals surface area contributed by atoms with Crippen LogP contribution in [0.2, 0.25) is 0 Å². The molecule has 2 rings (SSSR count). The Bertz CT molecular complexity index is 887. The number of rotatable bonds is 9. The molecule has 0 heterocycles. The van der Waals surface area contributed by atoms with Gasteiger partial charge in [-0.25, -0.2) is 17.5 Å². The number of sulfonamides is 1. The van der Waals surface area contributed by atoms with Crippen LogP contribution >= 0.6 is 0 Å². The summed E-state index contributed by atoms with van der Waals surface area (Å²) < 4.78 is 45.8. The predicted molar refractivity (Wildman–Crippen MR) is 99.8 cm³/mol. The zero-order valence-corrected chi connectivity index (χ0v) is 16.1. The number of hydrogen-bond acceptors (Lipinski definition) is 4. The highest BCUT2D eigenvalue weighted by Gasteiger charge is 2.15. The van der Waals surface area contributed by atoms with E-state index in [1.54, 1.807) is 32.0 Å². The normalized spacial score (nSPS) is 12.6. The summed E-state index contributed by atoms with van der Waals surface area (Å²) in [4.78, 5) is 12.0. The highest BCUT2D eigenvalue weighted by molar-refractivity contribution is 7.89. The summed E-state index contributed by atoms with van der Waals surface area (Å²) >= 11 is 0. The van der Waals surface area contributed by atoms with E-state index in [4.69, 9.17) is 4.74 Å². The number of benzene rings is 2. The van der Waals surface area contributed by atoms with E-state index < -0.39 is 21.9 Å². The molecule has 0 aliphatic carbocycles. The Balaban J connectivity index is 2.01. The van der Waals surface area contributed by atoms with Gasteiger partial charge in [0.15, 0.2) is 0 Å². The summed E-state index contributed by atoms with van der Waals surface area (Å²) in [5.74, 6) is -0.694. The van der Waals surface area contributed by atoms with Crippen LogP contribution in [0, 0.1) is 5.82 Å². The van der Waals surface area contributed by atoms with Gasteiger partial charge in [-0.3, -0.25) is 4.79 Å². The van der Waals surface area contributed by atoms with Gasteiger partial charge in [-0.15, -0.1) is 0 Å². The fraction of sp³-hybridized carbons (Fsp3) is 0.316. The van der Waals surface area contributed by atoms with E-state index in [0.717, 1.165) is 0 Å². The molecule has 0 aliphatic rings. The zero-order valence-electron chi connectivity index (χ0n) is 15.2. The van der Waals surface area contributed by atoms with E-state index in [9.17, 15) is 17.6 Å². The van der Waals surface area contributed by atoms with Crippen LogP contribution in [0.4, 0.5) is 4.39 Å². The lowest BCUT2D eigenvalue weighted by atomic mass is 10.2. The van der Waals surface area contributed by atoms with Crippen molar-refractivity contribution in [2.45, 2.75) is 37.9 Å². The van der Waals surface area contributed by atoms with E-state index in [-0.39, 0.29) is 23.9 Å². The SMILES string of the molecule is CCOC(C)C(=O)NCc1cccc(S(=O)(=O)NCc2cccc(F)c2)c1. The highest BCUT2D eigenvalue weighted by Crippen LogP contribution is 2.13. The minimum absolute atomic E-state index is 0.0209. The van der Waals surface area contributed by atoms with Gasteiger partial charge in [0.05, 0.1) is 4.90 Å². The molecule has 0 fully saturated rings. The van der Waals surface area contributed by atoms with Crippen LogP contribution in [0.5, 0.6) is 0 Å². The van der Waals surface area contributed by atoms with Crippen LogP contribution in [-0.2, 0) is 32.6 Å². The van der Waals surface area contributed by atoms with Crippen LogP contribution in [0.3, 0.4) is 0 Å². The lowest BCUT2D eigenvalue weighted by Crippen LogP contribution is -2.34.